The maximum absolute atomic E-state index is 13.5. The van der Waals surface area contributed by atoms with Crippen molar-refractivity contribution in [2.24, 2.45) is 11.3 Å². The number of halogens is 4. The van der Waals surface area contributed by atoms with Crippen LogP contribution in [0, 0.1) is 11.3 Å². The molecule has 0 saturated heterocycles. The van der Waals surface area contributed by atoms with E-state index in [2.05, 4.69) is 0 Å². The minimum absolute atomic E-state index is 0.995. The Morgan fingerprint density at radius 3 is 1.71 bits per heavy atom. The number of hydrogen-bond donors (Lipinski definition) is 1. The molecule has 88 valence electrons. The molecule has 2 atom stereocenters. The first-order valence-corrected chi connectivity index (χ1v) is 6.20. The highest BCUT2D eigenvalue weighted by atomic mass is 32.2. The van der Waals surface area contributed by atoms with Crippen molar-refractivity contribution < 1.29 is 17.1 Å². The standard InChI is InChI=1S/C9H18F4S/c1-6(2)9(11,12)8(3,4)7(10)14(5)13/h6-7,14H,1-5H3/t7-/m1/s1. The van der Waals surface area contributed by atoms with E-state index < -0.39 is 34.0 Å². The van der Waals surface area contributed by atoms with Gasteiger partial charge in [-0.25, -0.2) is 13.2 Å². The number of hydrogen-bond acceptors (Lipinski definition) is 0. The van der Waals surface area contributed by atoms with Crippen LogP contribution in [0.15, 0.2) is 0 Å². The third-order valence-corrected chi connectivity index (χ3v) is 3.76. The van der Waals surface area contributed by atoms with E-state index in [1.807, 2.05) is 0 Å². The molecule has 0 aliphatic rings. The van der Waals surface area contributed by atoms with Gasteiger partial charge >= 0.3 is 0 Å². The molecule has 0 aliphatic heterocycles. The summed E-state index contributed by atoms with van der Waals surface area (Å²) in [6, 6.07) is 0. The molecule has 0 N–H and O–H groups in total. The van der Waals surface area contributed by atoms with Crippen LogP contribution in [0.3, 0.4) is 0 Å². The molecule has 0 aliphatic carbocycles. The van der Waals surface area contributed by atoms with Gasteiger partial charge in [-0.2, -0.15) is 3.89 Å². The number of thiol groups is 1. The Labute approximate surface area is 85.7 Å². The van der Waals surface area contributed by atoms with Gasteiger partial charge < -0.3 is 0 Å². The third kappa shape index (κ3) is 2.35. The van der Waals surface area contributed by atoms with Crippen LogP contribution in [-0.2, 0) is 0 Å². The van der Waals surface area contributed by atoms with E-state index in [-0.39, 0.29) is 0 Å². The molecule has 14 heavy (non-hydrogen) atoms. The van der Waals surface area contributed by atoms with Crippen LogP contribution in [0.25, 0.3) is 0 Å². The van der Waals surface area contributed by atoms with Crippen LogP contribution in [0.4, 0.5) is 17.1 Å². The van der Waals surface area contributed by atoms with Crippen LogP contribution in [-0.4, -0.2) is 17.7 Å². The Bertz CT molecular complexity index is 189. The predicted octanol–water partition coefficient (Wildman–Crippen LogP) is 4.12. The molecule has 0 aromatic carbocycles. The number of rotatable bonds is 4. The molecule has 0 heterocycles. The van der Waals surface area contributed by atoms with Gasteiger partial charge in [0.1, 0.15) is 0 Å². The maximum Gasteiger partial charge on any atom is 0.258 e. The minimum atomic E-state index is -3.20. The van der Waals surface area contributed by atoms with Crippen molar-refractivity contribution in [2.45, 2.75) is 39.1 Å². The fraction of sp³-hybridized carbons (Fsp3) is 1.00. The maximum atomic E-state index is 13.5. The van der Waals surface area contributed by atoms with Crippen LogP contribution in [0.1, 0.15) is 27.7 Å². The summed E-state index contributed by atoms with van der Waals surface area (Å²) in [6.45, 7) is 4.78. The van der Waals surface area contributed by atoms with E-state index in [0.717, 1.165) is 20.1 Å². The van der Waals surface area contributed by atoms with E-state index >= 15 is 0 Å². The zero-order valence-electron chi connectivity index (χ0n) is 9.11. The average Bonchev–Trinajstić information content (AvgIpc) is 2.01. The lowest BCUT2D eigenvalue weighted by molar-refractivity contribution is -0.153. The van der Waals surface area contributed by atoms with E-state index in [1.165, 1.54) is 13.8 Å². The Morgan fingerprint density at radius 1 is 1.14 bits per heavy atom. The molecule has 0 nitrogen and oxygen atoms in total. The Morgan fingerprint density at radius 2 is 1.50 bits per heavy atom. The van der Waals surface area contributed by atoms with E-state index in [0.29, 0.717) is 0 Å². The van der Waals surface area contributed by atoms with Gasteiger partial charge in [-0.1, -0.05) is 39.0 Å². The SMILES string of the molecule is CC(C)C(F)(F)C(C)(C)[C@H](F)[SH](C)F. The summed E-state index contributed by atoms with van der Waals surface area (Å²) in [7, 11) is 0. The second-order valence-electron chi connectivity index (χ2n) is 4.36. The summed E-state index contributed by atoms with van der Waals surface area (Å²) < 4.78 is 53.2. The molecule has 0 aromatic heterocycles. The van der Waals surface area contributed by atoms with Crippen molar-refractivity contribution in [2.75, 3.05) is 6.26 Å². The second kappa shape index (κ2) is 4.29. The van der Waals surface area contributed by atoms with Gasteiger partial charge in [0.05, 0.1) is 5.41 Å². The van der Waals surface area contributed by atoms with Crippen LogP contribution in [0.5, 0.6) is 0 Å². The normalized spacial score (nSPS) is 19.7. The Hall–Kier alpha value is 0.0700. The molecule has 0 rings (SSSR count). The molecule has 0 amide bonds. The highest BCUT2D eigenvalue weighted by molar-refractivity contribution is 8.12. The van der Waals surface area contributed by atoms with Crippen LogP contribution >= 0.6 is 11.3 Å². The monoisotopic (exact) mass is 234 g/mol. The van der Waals surface area contributed by atoms with Crippen molar-refractivity contribution in [1.82, 2.24) is 0 Å². The van der Waals surface area contributed by atoms with Gasteiger partial charge in [0.15, 0.2) is 5.50 Å². The molecule has 5 heteroatoms. The molecular formula is C9H18F4S. The van der Waals surface area contributed by atoms with Crippen molar-refractivity contribution in [1.29, 1.82) is 0 Å². The molecular weight excluding hydrogens is 216 g/mol. The lowest BCUT2D eigenvalue weighted by atomic mass is 9.80. The van der Waals surface area contributed by atoms with Crippen LogP contribution in [0.2, 0.25) is 0 Å². The van der Waals surface area contributed by atoms with E-state index in [4.69, 9.17) is 0 Å². The molecule has 0 fully saturated rings. The second-order valence-corrected chi connectivity index (χ2v) is 5.86. The summed E-state index contributed by atoms with van der Waals surface area (Å²) in [5.74, 6) is -4.19. The Kier molecular flexibility index (Phi) is 4.31. The molecule has 0 radical (unpaired) electrons. The summed E-state index contributed by atoms with van der Waals surface area (Å²) in [4.78, 5) is 0. The zero-order chi connectivity index (χ0) is 11.7. The van der Waals surface area contributed by atoms with Gasteiger partial charge in [0.2, 0.25) is 0 Å². The van der Waals surface area contributed by atoms with Gasteiger partial charge in [-0.3, -0.25) is 0 Å². The first kappa shape index (κ1) is 14.1. The Balaban J connectivity index is 4.93. The van der Waals surface area contributed by atoms with Gasteiger partial charge in [0, 0.05) is 5.92 Å². The summed E-state index contributed by atoms with van der Waals surface area (Å²) in [5.41, 5.74) is -4.04. The fourth-order valence-electron chi connectivity index (χ4n) is 1.35. The van der Waals surface area contributed by atoms with Crippen molar-refractivity contribution in [3.05, 3.63) is 0 Å². The zero-order valence-corrected chi connectivity index (χ0v) is 10.0. The lowest BCUT2D eigenvalue weighted by Gasteiger charge is -2.40. The molecule has 0 bridgehead atoms. The summed E-state index contributed by atoms with van der Waals surface area (Å²) in [5, 5.41) is 0. The largest absolute Gasteiger partial charge is 0.258 e. The van der Waals surface area contributed by atoms with Crippen molar-refractivity contribution in [3.8, 4) is 0 Å². The number of alkyl halides is 3. The van der Waals surface area contributed by atoms with Gasteiger partial charge in [0.25, 0.3) is 5.92 Å². The van der Waals surface area contributed by atoms with Gasteiger partial charge in [-0.15, -0.1) is 0 Å². The van der Waals surface area contributed by atoms with Gasteiger partial charge in [-0.05, 0) is 6.26 Å². The molecule has 0 spiro atoms. The first-order chi connectivity index (χ1) is 6.05. The van der Waals surface area contributed by atoms with Crippen molar-refractivity contribution in [3.63, 3.8) is 0 Å². The lowest BCUT2D eigenvalue weighted by Crippen LogP contribution is -2.46. The van der Waals surface area contributed by atoms with E-state index in [9.17, 15) is 17.1 Å². The average molecular weight is 234 g/mol. The van der Waals surface area contributed by atoms with Crippen molar-refractivity contribution >= 4 is 11.3 Å². The summed E-state index contributed by atoms with van der Waals surface area (Å²) in [6.07, 6.45) is 1.03. The van der Waals surface area contributed by atoms with Crippen LogP contribution < -0.4 is 0 Å². The predicted molar refractivity (Wildman–Crippen MR) is 54.5 cm³/mol. The molecule has 0 saturated carbocycles. The first-order valence-electron chi connectivity index (χ1n) is 4.45. The third-order valence-electron chi connectivity index (χ3n) is 2.49. The summed E-state index contributed by atoms with van der Waals surface area (Å²) >= 11 is -2.49. The highest BCUT2D eigenvalue weighted by Crippen LogP contribution is 2.52. The molecule has 1 unspecified atom stereocenters. The topological polar surface area (TPSA) is 0 Å². The minimum Gasteiger partial charge on any atom is -0.234 e. The molecule has 0 aromatic rings. The highest BCUT2D eigenvalue weighted by Gasteiger charge is 2.55. The quantitative estimate of drug-likeness (QED) is 0.549. The fourth-order valence-corrected chi connectivity index (χ4v) is 2.41. The smallest absolute Gasteiger partial charge is 0.234 e. The van der Waals surface area contributed by atoms with E-state index in [1.54, 1.807) is 0 Å².